The van der Waals surface area contributed by atoms with Crippen molar-refractivity contribution in [1.82, 2.24) is 9.88 Å². The van der Waals surface area contributed by atoms with Gasteiger partial charge in [0.25, 0.3) is 0 Å². The molecule has 8 nitrogen and oxygen atoms in total. The molecule has 0 saturated carbocycles. The van der Waals surface area contributed by atoms with E-state index in [1.165, 1.54) is 39.8 Å². The van der Waals surface area contributed by atoms with Crippen LogP contribution in [0.3, 0.4) is 0 Å². The molecule has 1 amide bonds. The number of halogens is 1. The van der Waals surface area contributed by atoms with Crippen molar-refractivity contribution in [3.8, 4) is 0 Å². The second kappa shape index (κ2) is 10.2. The van der Waals surface area contributed by atoms with Gasteiger partial charge in [-0.3, -0.25) is 19.5 Å². The van der Waals surface area contributed by atoms with Crippen molar-refractivity contribution >= 4 is 71.2 Å². The Balaban J connectivity index is 0.00000320. The summed E-state index contributed by atoms with van der Waals surface area (Å²) in [7, 11) is 0. The average Bonchev–Trinajstić information content (AvgIpc) is 3.19. The molecule has 2 N–H and O–H groups in total. The number of fused-ring (bicyclic) bond motifs is 1. The van der Waals surface area contributed by atoms with Crippen LogP contribution in [0, 0.1) is 5.41 Å². The zero-order valence-corrected chi connectivity index (χ0v) is 19.8. The predicted molar refractivity (Wildman–Crippen MR) is 121 cm³/mol. The molecule has 2 atom stereocenters. The highest BCUT2D eigenvalue weighted by Crippen LogP contribution is 2.43. The van der Waals surface area contributed by atoms with Crippen molar-refractivity contribution in [1.29, 1.82) is 0 Å². The molecule has 30 heavy (non-hydrogen) atoms. The monoisotopic (exact) mass is 491 g/mol. The zero-order chi connectivity index (χ0) is 21.2. The maximum Gasteiger partial charge on any atom is 0.358 e. The molecule has 164 valence electrons. The number of hydrogen-bond acceptors (Lipinski definition) is 10. The maximum atomic E-state index is 12.7. The van der Waals surface area contributed by atoms with Crippen LogP contribution >= 0.6 is 47.3 Å². The number of nitrogens with two attached hydrogens (primary N) is 1. The number of ether oxygens (including phenoxy) is 2. The molecule has 3 rings (SSSR count). The summed E-state index contributed by atoms with van der Waals surface area (Å²) in [5, 5.41) is 1.54. The molecule has 1 saturated heterocycles. The van der Waals surface area contributed by atoms with E-state index in [2.05, 4.69) is 4.98 Å². The minimum Gasteiger partial charge on any atom is -0.427 e. The van der Waals surface area contributed by atoms with Crippen molar-refractivity contribution in [2.75, 3.05) is 12.5 Å². The maximum absolute atomic E-state index is 12.7. The van der Waals surface area contributed by atoms with Crippen LogP contribution in [0.15, 0.2) is 27.7 Å². The Bertz CT molecular complexity index is 867. The molecule has 2 aliphatic heterocycles. The lowest BCUT2D eigenvalue weighted by Gasteiger charge is -2.48. The number of carbonyl (C=O) groups is 3. The van der Waals surface area contributed by atoms with Gasteiger partial charge in [-0.2, -0.15) is 0 Å². The SMILES string of the molecule is CC(C)(C)C(=O)OCOC(=O)C1=C(S/C=C\c2cncs2)CS[C@@H]2[C@H](N)C(=O)N12.Cl. The number of aromatic nitrogens is 1. The van der Waals surface area contributed by atoms with Crippen molar-refractivity contribution in [2.24, 2.45) is 11.1 Å². The highest BCUT2D eigenvalue weighted by molar-refractivity contribution is 8.08. The first kappa shape index (κ1) is 24.7. The van der Waals surface area contributed by atoms with Crippen molar-refractivity contribution in [3.63, 3.8) is 0 Å². The topological polar surface area (TPSA) is 112 Å². The minimum atomic E-state index is -0.717. The van der Waals surface area contributed by atoms with E-state index >= 15 is 0 Å². The second-order valence-corrected chi connectivity index (χ2v) is 10.3. The zero-order valence-electron chi connectivity index (χ0n) is 16.5. The Kier molecular flexibility index (Phi) is 8.40. The number of amides is 1. The van der Waals surface area contributed by atoms with E-state index < -0.39 is 30.2 Å². The van der Waals surface area contributed by atoms with Crippen LogP contribution in [0.2, 0.25) is 0 Å². The van der Waals surface area contributed by atoms with Crippen molar-refractivity contribution in [3.05, 3.63) is 32.6 Å². The minimum absolute atomic E-state index is 0. The quantitative estimate of drug-likeness (QED) is 0.364. The molecule has 1 fully saturated rings. The molecule has 0 spiro atoms. The summed E-state index contributed by atoms with van der Waals surface area (Å²) in [6.07, 6.45) is 3.61. The van der Waals surface area contributed by atoms with Gasteiger partial charge in [0.05, 0.1) is 10.9 Å². The molecule has 0 bridgehead atoms. The average molecular weight is 492 g/mol. The van der Waals surface area contributed by atoms with Gasteiger partial charge in [0.1, 0.15) is 17.1 Å². The Hall–Kier alpha value is -1.53. The van der Waals surface area contributed by atoms with Gasteiger partial charge in [0.15, 0.2) is 0 Å². The highest BCUT2D eigenvalue weighted by Gasteiger charge is 2.52. The van der Waals surface area contributed by atoms with Crippen LogP contribution in [0.4, 0.5) is 0 Å². The first-order valence-corrected chi connectivity index (χ1v) is 11.5. The summed E-state index contributed by atoms with van der Waals surface area (Å²) in [6, 6.07) is -0.638. The molecule has 2 aliphatic rings. The molecule has 3 heterocycles. The van der Waals surface area contributed by atoms with E-state index in [1.54, 1.807) is 32.5 Å². The number of hydrogen-bond donors (Lipinski definition) is 1. The molecule has 1 aromatic heterocycles. The summed E-state index contributed by atoms with van der Waals surface area (Å²) < 4.78 is 10.1. The first-order valence-electron chi connectivity index (χ1n) is 8.69. The molecule has 0 aromatic carbocycles. The molecular formula is C18H22ClN3O5S3. The number of rotatable bonds is 6. The fourth-order valence-corrected chi connectivity index (χ4v) is 5.37. The Morgan fingerprint density at radius 2 is 2.13 bits per heavy atom. The van der Waals surface area contributed by atoms with Gasteiger partial charge in [0, 0.05) is 21.7 Å². The second-order valence-electron chi connectivity index (χ2n) is 7.26. The fraction of sp³-hybridized carbons (Fsp3) is 0.444. The number of β-lactam (4-membered cyclic amide) rings is 1. The number of thiazole rings is 1. The Labute approximate surface area is 193 Å². The van der Waals surface area contributed by atoms with Crippen LogP contribution in [-0.4, -0.2) is 51.7 Å². The van der Waals surface area contributed by atoms with Gasteiger partial charge >= 0.3 is 11.9 Å². The van der Waals surface area contributed by atoms with Crippen LogP contribution < -0.4 is 5.73 Å². The summed E-state index contributed by atoms with van der Waals surface area (Å²) in [4.78, 5) is 43.8. The van der Waals surface area contributed by atoms with Crippen LogP contribution in [-0.2, 0) is 23.9 Å². The normalized spacial score (nSPS) is 21.1. The standard InChI is InChI=1S/C18H21N3O5S3.ClH/c1-18(2,3)17(24)26-9-25-16(23)13-11(27-5-4-10-6-20-8-29-10)7-28-15-12(19)14(22)21(13)15;/h4-6,8,12,15H,7,9,19H2,1-3H3;1H/b5-4-;/t12-,15-;/m1./s1. The van der Waals surface area contributed by atoms with Gasteiger partial charge in [0.2, 0.25) is 12.7 Å². The lowest BCUT2D eigenvalue weighted by Crippen LogP contribution is -2.68. The number of esters is 2. The van der Waals surface area contributed by atoms with E-state index in [0.29, 0.717) is 10.7 Å². The summed E-state index contributed by atoms with van der Waals surface area (Å²) in [6.45, 7) is 4.59. The van der Waals surface area contributed by atoms with E-state index in [4.69, 9.17) is 15.2 Å². The van der Waals surface area contributed by atoms with Crippen LogP contribution in [0.1, 0.15) is 25.6 Å². The summed E-state index contributed by atoms with van der Waals surface area (Å²) >= 11 is 4.32. The number of thioether (sulfide) groups is 2. The Morgan fingerprint density at radius 3 is 2.77 bits per heavy atom. The van der Waals surface area contributed by atoms with E-state index in [-0.39, 0.29) is 29.4 Å². The van der Waals surface area contributed by atoms with E-state index in [0.717, 1.165) is 4.88 Å². The number of carbonyl (C=O) groups excluding carboxylic acids is 3. The van der Waals surface area contributed by atoms with E-state index in [9.17, 15) is 14.4 Å². The number of nitrogens with zero attached hydrogens (tertiary/aromatic N) is 2. The van der Waals surface area contributed by atoms with Gasteiger partial charge in [-0.25, -0.2) is 4.79 Å². The first-order chi connectivity index (χ1) is 13.7. The molecule has 0 radical (unpaired) electrons. The molecule has 12 heteroatoms. The van der Waals surface area contributed by atoms with Gasteiger partial charge in [-0.15, -0.1) is 35.5 Å². The predicted octanol–water partition coefficient (Wildman–Crippen LogP) is 2.81. The van der Waals surface area contributed by atoms with E-state index in [1.807, 2.05) is 11.5 Å². The van der Waals surface area contributed by atoms with Crippen molar-refractivity contribution < 1.29 is 23.9 Å². The van der Waals surface area contributed by atoms with Gasteiger partial charge in [-0.1, -0.05) is 11.8 Å². The third-order valence-electron chi connectivity index (χ3n) is 4.05. The molecule has 0 unspecified atom stereocenters. The molecule has 1 aromatic rings. The third kappa shape index (κ3) is 5.38. The highest BCUT2D eigenvalue weighted by atomic mass is 35.5. The third-order valence-corrected chi connectivity index (χ3v) is 7.17. The lowest BCUT2D eigenvalue weighted by molar-refractivity contribution is -0.173. The Morgan fingerprint density at radius 1 is 1.40 bits per heavy atom. The fourth-order valence-electron chi connectivity index (χ4n) is 2.48. The van der Waals surface area contributed by atoms with Crippen LogP contribution in [0.5, 0.6) is 0 Å². The van der Waals surface area contributed by atoms with Crippen LogP contribution in [0.25, 0.3) is 6.08 Å². The molecular weight excluding hydrogens is 470 g/mol. The summed E-state index contributed by atoms with van der Waals surface area (Å²) in [5.74, 6) is -1.01. The summed E-state index contributed by atoms with van der Waals surface area (Å²) in [5.41, 5.74) is 7.03. The van der Waals surface area contributed by atoms with Crippen molar-refractivity contribution in [2.45, 2.75) is 32.2 Å². The van der Waals surface area contributed by atoms with Gasteiger partial charge < -0.3 is 15.2 Å². The largest absolute Gasteiger partial charge is 0.427 e. The van der Waals surface area contributed by atoms with Gasteiger partial charge in [-0.05, 0) is 32.3 Å². The smallest absolute Gasteiger partial charge is 0.358 e. The lowest BCUT2D eigenvalue weighted by atomic mass is 9.98. The molecule has 0 aliphatic carbocycles.